The minimum Gasteiger partial charge on any atom is -0.497 e. The second-order valence-electron chi connectivity index (χ2n) is 5.09. The van der Waals surface area contributed by atoms with Crippen LogP contribution in [0.15, 0.2) is 47.4 Å². The standard InChI is InChI=1S/C17H20N2O6S/c1-23-12-8-9-16(15(10-12)25-3)26(21,22)18-11-17(20)19-13-6-4-5-7-14(13)24-2/h4-10,18H,11H2,1-3H3,(H,19,20). The van der Waals surface area contributed by atoms with Gasteiger partial charge in [0.15, 0.2) is 0 Å². The van der Waals surface area contributed by atoms with Crippen molar-refractivity contribution in [3.05, 3.63) is 42.5 Å². The molecule has 0 aliphatic heterocycles. The number of methoxy groups -OCH3 is 3. The Labute approximate surface area is 152 Å². The Morgan fingerprint density at radius 3 is 2.31 bits per heavy atom. The summed E-state index contributed by atoms with van der Waals surface area (Å²) in [4.78, 5) is 12.0. The Hall–Kier alpha value is -2.78. The zero-order valence-electron chi connectivity index (χ0n) is 14.6. The largest absolute Gasteiger partial charge is 0.497 e. The fourth-order valence-corrected chi connectivity index (χ4v) is 3.31. The second-order valence-corrected chi connectivity index (χ2v) is 6.83. The van der Waals surface area contributed by atoms with Gasteiger partial charge in [-0.25, -0.2) is 13.1 Å². The van der Waals surface area contributed by atoms with E-state index in [1.165, 1.54) is 39.5 Å². The van der Waals surface area contributed by atoms with Crippen molar-refractivity contribution in [1.82, 2.24) is 4.72 Å². The van der Waals surface area contributed by atoms with Crippen LogP contribution in [0.3, 0.4) is 0 Å². The first-order valence-electron chi connectivity index (χ1n) is 7.56. The van der Waals surface area contributed by atoms with Crippen molar-refractivity contribution in [2.75, 3.05) is 33.2 Å². The summed E-state index contributed by atoms with van der Waals surface area (Å²) in [5.41, 5.74) is 0.446. The van der Waals surface area contributed by atoms with Gasteiger partial charge in [-0.05, 0) is 24.3 Å². The minimum absolute atomic E-state index is 0.0918. The van der Waals surface area contributed by atoms with E-state index in [0.29, 0.717) is 17.2 Å². The highest BCUT2D eigenvalue weighted by molar-refractivity contribution is 7.89. The molecule has 2 aromatic carbocycles. The van der Waals surface area contributed by atoms with E-state index in [1.54, 1.807) is 24.3 Å². The molecule has 0 saturated heterocycles. The number of benzene rings is 2. The summed E-state index contributed by atoms with van der Waals surface area (Å²) in [5, 5.41) is 2.59. The zero-order chi connectivity index (χ0) is 19.2. The zero-order valence-corrected chi connectivity index (χ0v) is 15.4. The van der Waals surface area contributed by atoms with Gasteiger partial charge < -0.3 is 19.5 Å². The summed E-state index contributed by atoms with van der Waals surface area (Å²) >= 11 is 0. The lowest BCUT2D eigenvalue weighted by molar-refractivity contribution is -0.115. The Morgan fingerprint density at radius 1 is 0.962 bits per heavy atom. The van der Waals surface area contributed by atoms with Gasteiger partial charge in [0.1, 0.15) is 22.1 Å². The number of sulfonamides is 1. The van der Waals surface area contributed by atoms with Crippen molar-refractivity contribution >= 4 is 21.6 Å². The van der Waals surface area contributed by atoms with Gasteiger partial charge in [-0.2, -0.15) is 0 Å². The van der Waals surface area contributed by atoms with Crippen LogP contribution in [0.4, 0.5) is 5.69 Å². The molecule has 0 atom stereocenters. The van der Waals surface area contributed by atoms with Crippen molar-refractivity contribution in [2.24, 2.45) is 0 Å². The van der Waals surface area contributed by atoms with Crippen molar-refractivity contribution in [3.8, 4) is 17.2 Å². The van der Waals surface area contributed by atoms with Gasteiger partial charge in [0.05, 0.1) is 33.6 Å². The molecule has 0 saturated carbocycles. The molecule has 0 spiro atoms. The summed E-state index contributed by atoms with van der Waals surface area (Å²) in [6.45, 7) is -0.449. The number of hydrogen-bond acceptors (Lipinski definition) is 6. The Balaban J connectivity index is 2.09. The molecule has 0 aliphatic carbocycles. The van der Waals surface area contributed by atoms with Gasteiger partial charge in [0, 0.05) is 6.07 Å². The smallest absolute Gasteiger partial charge is 0.244 e. The lowest BCUT2D eigenvalue weighted by Gasteiger charge is -2.13. The van der Waals surface area contributed by atoms with Crippen LogP contribution in [0, 0.1) is 0 Å². The minimum atomic E-state index is -3.95. The predicted molar refractivity (Wildman–Crippen MR) is 96.4 cm³/mol. The molecule has 2 N–H and O–H groups in total. The topological polar surface area (TPSA) is 103 Å². The number of amides is 1. The number of hydrogen-bond donors (Lipinski definition) is 2. The molecule has 0 heterocycles. The normalized spacial score (nSPS) is 10.9. The molecule has 0 fully saturated rings. The monoisotopic (exact) mass is 380 g/mol. The number of rotatable bonds is 8. The van der Waals surface area contributed by atoms with E-state index >= 15 is 0 Å². The lowest BCUT2D eigenvalue weighted by Crippen LogP contribution is -2.33. The van der Waals surface area contributed by atoms with Crippen molar-refractivity contribution in [2.45, 2.75) is 4.90 Å². The molecule has 8 nitrogen and oxygen atoms in total. The number of ether oxygens (including phenoxy) is 3. The molecule has 2 rings (SSSR count). The molecular weight excluding hydrogens is 360 g/mol. The van der Waals surface area contributed by atoms with Crippen LogP contribution in [-0.4, -0.2) is 42.2 Å². The quantitative estimate of drug-likeness (QED) is 0.722. The molecule has 0 aliphatic rings. The van der Waals surface area contributed by atoms with Gasteiger partial charge in [-0.1, -0.05) is 12.1 Å². The van der Waals surface area contributed by atoms with Crippen LogP contribution in [0.1, 0.15) is 0 Å². The molecule has 0 unspecified atom stereocenters. The predicted octanol–water partition coefficient (Wildman–Crippen LogP) is 1.63. The first kappa shape index (κ1) is 19.5. The van der Waals surface area contributed by atoms with Crippen LogP contribution in [0.5, 0.6) is 17.2 Å². The SMILES string of the molecule is COc1ccc(S(=O)(=O)NCC(=O)Nc2ccccc2OC)c(OC)c1. The van der Waals surface area contributed by atoms with Gasteiger partial charge in [-0.15, -0.1) is 0 Å². The summed E-state index contributed by atoms with van der Waals surface area (Å²) in [6.07, 6.45) is 0. The fourth-order valence-electron chi connectivity index (χ4n) is 2.18. The third-order valence-electron chi connectivity index (χ3n) is 3.46. The molecule has 9 heteroatoms. The van der Waals surface area contributed by atoms with Gasteiger partial charge in [0.2, 0.25) is 15.9 Å². The maximum absolute atomic E-state index is 12.5. The summed E-state index contributed by atoms with van der Waals surface area (Å²) in [6, 6.07) is 11.1. The van der Waals surface area contributed by atoms with Crippen molar-refractivity contribution in [1.29, 1.82) is 0 Å². The third-order valence-corrected chi connectivity index (χ3v) is 4.90. The van der Waals surface area contributed by atoms with E-state index in [9.17, 15) is 13.2 Å². The van der Waals surface area contributed by atoms with E-state index in [1.807, 2.05) is 0 Å². The molecule has 2 aromatic rings. The van der Waals surface area contributed by atoms with Crippen LogP contribution < -0.4 is 24.2 Å². The van der Waals surface area contributed by atoms with Crippen molar-refractivity contribution in [3.63, 3.8) is 0 Å². The average molecular weight is 380 g/mol. The first-order chi connectivity index (χ1) is 12.4. The van der Waals surface area contributed by atoms with E-state index in [0.717, 1.165) is 0 Å². The average Bonchev–Trinajstić information content (AvgIpc) is 2.66. The summed E-state index contributed by atoms with van der Waals surface area (Å²) < 4.78 is 42.4. The van der Waals surface area contributed by atoms with Crippen LogP contribution in [0.2, 0.25) is 0 Å². The van der Waals surface area contributed by atoms with Gasteiger partial charge in [-0.3, -0.25) is 4.79 Å². The molecule has 1 amide bonds. The molecule has 140 valence electrons. The molecule has 26 heavy (non-hydrogen) atoms. The van der Waals surface area contributed by atoms with Gasteiger partial charge >= 0.3 is 0 Å². The lowest BCUT2D eigenvalue weighted by atomic mass is 10.3. The maximum atomic E-state index is 12.5. The number of para-hydroxylation sites is 2. The van der Waals surface area contributed by atoms with E-state index in [2.05, 4.69) is 10.0 Å². The number of anilines is 1. The van der Waals surface area contributed by atoms with Gasteiger partial charge in [0.25, 0.3) is 0 Å². The molecule has 0 aromatic heterocycles. The van der Waals surface area contributed by atoms with Crippen LogP contribution >= 0.6 is 0 Å². The fraction of sp³-hybridized carbons (Fsp3) is 0.235. The highest BCUT2D eigenvalue weighted by Crippen LogP contribution is 2.28. The summed E-state index contributed by atoms with van der Waals surface area (Å²) in [5.74, 6) is 0.503. The Kier molecular flexibility index (Phi) is 6.42. The highest BCUT2D eigenvalue weighted by atomic mass is 32.2. The third kappa shape index (κ3) is 4.64. The number of carbonyl (C=O) groups excluding carboxylic acids is 1. The summed E-state index contributed by atoms with van der Waals surface area (Å²) in [7, 11) is 0.333. The highest BCUT2D eigenvalue weighted by Gasteiger charge is 2.21. The van der Waals surface area contributed by atoms with E-state index < -0.39 is 22.5 Å². The molecule has 0 radical (unpaired) electrons. The molecule has 0 bridgehead atoms. The van der Waals surface area contributed by atoms with Crippen molar-refractivity contribution < 1.29 is 27.4 Å². The second kappa shape index (κ2) is 8.54. The Bertz CT molecular complexity index is 883. The number of carbonyl (C=O) groups is 1. The van der Waals surface area contributed by atoms with Crippen LogP contribution in [0.25, 0.3) is 0 Å². The number of nitrogens with one attached hydrogen (secondary N) is 2. The van der Waals surface area contributed by atoms with E-state index in [-0.39, 0.29) is 10.6 Å². The first-order valence-corrected chi connectivity index (χ1v) is 9.04. The molecular formula is C17H20N2O6S. The van der Waals surface area contributed by atoms with E-state index in [4.69, 9.17) is 14.2 Å². The maximum Gasteiger partial charge on any atom is 0.244 e. The Morgan fingerprint density at radius 2 is 1.65 bits per heavy atom. The van der Waals surface area contributed by atoms with Crippen LogP contribution in [-0.2, 0) is 14.8 Å².